The summed E-state index contributed by atoms with van der Waals surface area (Å²) in [4.78, 5) is 0. The van der Waals surface area contributed by atoms with E-state index in [0.29, 0.717) is 0 Å². The third kappa shape index (κ3) is 4.61. The van der Waals surface area contributed by atoms with Crippen molar-refractivity contribution >= 4 is 0 Å². The van der Waals surface area contributed by atoms with Gasteiger partial charge in [-0.05, 0) is 43.0 Å². The summed E-state index contributed by atoms with van der Waals surface area (Å²) in [5, 5.41) is 0. The molecule has 2 aromatic rings. The van der Waals surface area contributed by atoms with Gasteiger partial charge in [-0.15, -0.1) is 13.2 Å². The molecule has 2 rings (SSSR count). The van der Waals surface area contributed by atoms with Crippen molar-refractivity contribution in [3.05, 3.63) is 65.2 Å². The van der Waals surface area contributed by atoms with Crippen LogP contribution in [0.5, 0.6) is 5.75 Å². The first-order valence-electron chi connectivity index (χ1n) is 6.33. The van der Waals surface area contributed by atoms with E-state index in [9.17, 15) is 13.2 Å². The van der Waals surface area contributed by atoms with Gasteiger partial charge < -0.3 is 4.74 Å². The number of aryl methyl sites for hydroxylation is 3. The van der Waals surface area contributed by atoms with Crippen LogP contribution in [-0.2, 0) is 12.8 Å². The molecule has 0 radical (unpaired) electrons. The highest BCUT2D eigenvalue weighted by Gasteiger charge is 2.30. The molecule has 106 valence electrons. The summed E-state index contributed by atoms with van der Waals surface area (Å²) in [6, 6.07) is 14.2. The molecule has 0 N–H and O–H groups in total. The molecule has 20 heavy (non-hydrogen) atoms. The van der Waals surface area contributed by atoms with Crippen LogP contribution in [0.15, 0.2) is 48.5 Å². The fourth-order valence-corrected chi connectivity index (χ4v) is 1.90. The Morgan fingerprint density at radius 2 is 1.25 bits per heavy atom. The summed E-state index contributed by atoms with van der Waals surface area (Å²) >= 11 is 0. The summed E-state index contributed by atoms with van der Waals surface area (Å²) in [6.45, 7) is 2.03. The lowest BCUT2D eigenvalue weighted by Gasteiger charge is -2.09. The van der Waals surface area contributed by atoms with Gasteiger partial charge in [0, 0.05) is 0 Å². The van der Waals surface area contributed by atoms with Crippen LogP contribution in [-0.4, -0.2) is 6.36 Å². The minimum absolute atomic E-state index is 0.184. The number of rotatable bonds is 4. The first-order valence-corrected chi connectivity index (χ1v) is 6.33. The standard InChI is InChI=1S/C16H15F3O/c1-12-2-4-13(5-3-12)6-7-14-8-10-15(11-9-14)20-16(17,18)19/h2-5,8-11H,6-7H2,1H3. The molecule has 4 heteroatoms. The van der Waals surface area contributed by atoms with E-state index in [0.717, 1.165) is 18.4 Å². The Morgan fingerprint density at radius 1 is 0.800 bits per heavy atom. The quantitative estimate of drug-likeness (QED) is 0.790. The third-order valence-electron chi connectivity index (χ3n) is 2.98. The molecule has 0 spiro atoms. The summed E-state index contributed by atoms with van der Waals surface area (Å²) in [6.07, 6.45) is -2.99. The van der Waals surface area contributed by atoms with Crippen molar-refractivity contribution in [3.63, 3.8) is 0 Å². The maximum atomic E-state index is 12.0. The number of hydrogen-bond acceptors (Lipinski definition) is 1. The van der Waals surface area contributed by atoms with Crippen molar-refractivity contribution in [3.8, 4) is 5.75 Å². The van der Waals surface area contributed by atoms with Crippen molar-refractivity contribution in [1.29, 1.82) is 0 Å². The molecule has 0 atom stereocenters. The Balaban J connectivity index is 1.92. The number of alkyl halides is 3. The van der Waals surface area contributed by atoms with Crippen molar-refractivity contribution in [1.82, 2.24) is 0 Å². The Hall–Kier alpha value is -1.97. The van der Waals surface area contributed by atoms with E-state index in [4.69, 9.17) is 0 Å². The van der Waals surface area contributed by atoms with Gasteiger partial charge in [0.1, 0.15) is 5.75 Å². The predicted molar refractivity (Wildman–Crippen MR) is 71.7 cm³/mol. The molecule has 0 saturated heterocycles. The minimum Gasteiger partial charge on any atom is -0.406 e. The molecule has 0 fully saturated rings. The van der Waals surface area contributed by atoms with Gasteiger partial charge in [0.05, 0.1) is 0 Å². The van der Waals surface area contributed by atoms with E-state index in [1.807, 2.05) is 6.92 Å². The lowest BCUT2D eigenvalue weighted by atomic mass is 10.0. The fourth-order valence-electron chi connectivity index (χ4n) is 1.90. The molecule has 0 bridgehead atoms. The molecule has 0 aliphatic carbocycles. The summed E-state index contributed by atoms with van der Waals surface area (Å²) in [5.74, 6) is -0.184. The maximum Gasteiger partial charge on any atom is 0.573 e. The molecular formula is C16H15F3O. The van der Waals surface area contributed by atoms with Crippen LogP contribution in [0, 0.1) is 6.92 Å². The zero-order valence-corrected chi connectivity index (χ0v) is 11.1. The maximum absolute atomic E-state index is 12.0. The van der Waals surface area contributed by atoms with Gasteiger partial charge >= 0.3 is 6.36 Å². The Labute approximate surface area is 116 Å². The minimum atomic E-state index is -4.64. The molecule has 0 aliphatic heterocycles. The molecule has 1 nitrogen and oxygen atoms in total. The van der Waals surface area contributed by atoms with Gasteiger partial charge in [0.2, 0.25) is 0 Å². The number of halogens is 3. The van der Waals surface area contributed by atoms with Crippen LogP contribution in [0.3, 0.4) is 0 Å². The van der Waals surface area contributed by atoms with E-state index in [1.165, 1.54) is 23.3 Å². The van der Waals surface area contributed by atoms with Gasteiger partial charge in [0.25, 0.3) is 0 Å². The SMILES string of the molecule is Cc1ccc(CCc2ccc(OC(F)(F)F)cc2)cc1. The van der Waals surface area contributed by atoms with Gasteiger partial charge in [-0.1, -0.05) is 42.0 Å². The Morgan fingerprint density at radius 3 is 1.70 bits per heavy atom. The predicted octanol–water partition coefficient (Wildman–Crippen LogP) is 4.68. The van der Waals surface area contributed by atoms with E-state index >= 15 is 0 Å². The van der Waals surface area contributed by atoms with E-state index < -0.39 is 6.36 Å². The molecule has 0 saturated carbocycles. The van der Waals surface area contributed by atoms with Crippen LogP contribution in [0.2, 0.25) is 0 Å². The lowest BCUT2D eigenvalue weighted by Crippen LogP contribution is -2.17. The van der Waals surface area contributed by atoms with Crippen LogP contribution in [0.4, 0.5) is 13.2 Å². The topological polar surface area (TPSA) is 9.23 Å². The highest BCUT2D eigenvalue weighted by Crippen LogP contribution is 2.23. The van der Waals surface area contributed by atoms with Crippen molar-refractivity contribution in [2.75, 3.05) is 0 Å². The average molecular weight is 280 g/mol. The molecule has 0 aliphatic rings. The summed E-state index contributed by atoms with van der Waals surface area (Å²) in [5.41, 5.74) is 3.41. The second kappa shape index (κ2) is 5.99. The number of ether oxygens (including phenoxy) is 1. The van der Waals surface area contributed by atoms with Crippen molar-refractivity contribution in [2.24, 2.45) is 0 Å². The van der Waals surface area contributed by atoms with E-state index in [1.54, 1.807) is 12.1 Å². The third-order valence-corrected chi connectivity index (χ3v) is 2.98. The zero-order valence-electron chi connectivity index (χ0n) is 11.1. The summed E-state index contributed by atoms with van der Waals surface area (Å²) in [7, 11) is 0. The van der Waals surface area contributed by atoms with Crippen molar-refractivity contribution < 1.29 is 17.9 Å². The second-order valence-electron chi connectivity index (χ2n) is 4.68. The van der Waals surface area contributed by atoms with Gasteiger partial charge in [-0.2, -0.15) is 0 Å². The molecule has 0 amide bonds. The van der Waals surface area contributed by atoms with Gasteiger partial charge in [0.15, 0.2) is 0 Å². The normalized spacial score (nSPS) is 11.4. The average Bonchev–Trinajstić information content (AvgIpc) is 2.38. The van der Waals surface area contributed by atoms with Crippen LogP contribution < -0.4 is 4.74 Å². The van der Waals surface area contributed by atoms with Crippen molar-refractivity contribution in [2.45, 2.75) is 26.1 Å². The fraction of sp³-hybridized carbons (Fsp3) is 0.250. The first-order chi connectivity index (χ1) is 9.42. The largest absolute Gasteiger partial charge is 0.573 e. The van der Waals surface area contributed by atoms with Crippen LogP contribution in [0.1, 0.15) is 16.7 Å². The highest BCUT2D eigenvalue weighted by atomic mass is 19.4. The number of benzene rings is 2. The molecule has 0 unspecified atom stereocenters. The van der Waals surface area contributed by atoms with Crippen LogP contribution in [0.25, 0.3) is 0 Å². The van der Waals surface area contributed by atoms with Gasteiger partial charge in [-0.3, -0.25) is 0 Å². The lowest BCUT2D eigenvalue weighted by molar-refractivity contribution is -0.274. The molecule has 2 aromatic carbocycles. The first kappa shape index (κ1) is 14.4. The highest BCUT2D eigenvalue weighted by molar-refractivity contribution is 5.29. The Bertz CT molecular complexity index is 541. The molecule has 0 aromatic heterocycles. The smallest absolute Gasteiger partial charge is 0.406 e. The van der Waals surface area contributed by atoms with Gasteiger partial charge in [-0.25, -0.2) is 0 Å². The monoisotopic (exact) mass is 280 g/mol. The second-order valence-corrected chi connectivity index (χ2v) is 4.68. The molecular weight excluding hydrogens is 265 g/mol. The van der Waals surface area contributed by atoms with Crippen LogP contribution >= 0.6 is 0 Å². The van der Waals surface area contributed by atoms with E-state index in [-0.39, 0.29) is 5.75 Å². The Kier molecular flexibility index (Phi) is 4.32. The van der Waals surface area contributed by atoms with E-state index in [2.05, 4.69) is 29.0 Å². The number of hydrogen-bond donors (Lipinski definition) is 0. The summed E-state index contributed by atoms with van der Waals surface area (Å²) < 4.78 is 39.9. The molecule has 0 heterocycles. The zero-order chi connectivity index (χ0) is 14.6.